The largest absolute Gasteiger partial charge is 0.463 e. The second-order valence-electron chi connectivity index (χ2n) is 5.15. The van der Waals surface area contributed by atoms with Crippen LogP contribution in [-0.4, -0.2) is 16.9 Å². The lowest BCUT2D eigenvalue weighted by Gasteiger charge is -2.16. The molecule has 0 saturated heterocycles. The monoisotopic (exact) mass is 289 g/mol. The third kappa shape index (κ3) is 3.10. The van der Waals surface area contributed by atoms with Crippen LogP contribution in [0.5, 0.6) is 0 Å². The molecule has 0 aliphatic heterocycles. The van der Waals surface area contributed by atoms with Gasteiger partial charge in [-0.05, 0) is 31.9 Å². The van der Waals surface area contributed by atoms with E-state index >= 15 is 0 Å². The van der Waals surface area contributed by atoms with Crippen LogP contribution in [0.4, 0.5) is 0 Å². The van der Waals surface area contributed by atoms with Crippen LogP contribution in [0.3, 0.4) is 0 Å². The summed E-state index contributed by atoms with van der Waals surface area (Å²) in [5.41, 5.74) is 1.10. The molecule has 1 aliphatic rings. The van der Waals surface area contributed by atoms with Crippen LogP contribution in [0.2, 0.25) is 0 Å². The molecule has 0 aromatic carbocycles. The van der Waals surface area contributed by atoms with Crippen LogP contribution in [0.25, 0.3) is 0 Å². The van der Waals surface area contributed by atoms with Crippen LogP contribution < -0.4 is 4.80 Å². The fourth-order valence-electron chi connectivity index (χ4n) is 2.46. The van der Waals surface area contributed by atoms with Gasteiger partial charge in [-0.1, -0.05) is 19.3 Å². The van der Waals surface area contributed by atoms with Gasteiger partial charge in [0.15, 0.2) is 0 Å². The summed E-state index contributed by atoms with van der Waals surface area (Å²) >= 11 is 1.66. The highest BCUT2D eigenvalue weighted by atomic mass is 32.1. The predicted molar refractivity (Wildman–Crippen MR) is 81.2 cm³/mol. The summed E-state index contributed by atoms with van der Waals surface area (Å²) in [5.74, 6) is 0.756. The second kappa shape index (κ2) is 6.22. The highest BCUT2D eigenvalue weighted by molar-refractivity contribution is 7.07. The summed E-state index contributed by atoms with van der Waals surface area (Å²) < 4.78 is 7.18. The summed E-state index contributed by atoms with van der Waals surface area (Å²) in [7, 11) is 0. The highest BCUT2D eigenvalue weighted by Gasteiger charge is 2.12. The SMILES string of the molecule is Cc1csc(=NC2CCCCC2)n1/N=C\c1ccco1. The Balaban J connectivity index is 1.87. The number of aromatic nitrogens is 1. The Labute approximate surface area is 122 Å². The van der Waals surface area contributed by atoms with E-state index in [2.05, 4.69) is 17.4 Å². The normalized spacial score (nSPS) is 18.1. The molecule has 20 heavy (non-hydrogen) atoms. The topological polar surface area (TPSA) is 42.8 Å². The Bertz CT molecular complexity index is 630. The van der Waals surface area contributed by atoms with Crippen molar-refractivity contribution in [2.45, 2.75) is 45.1 Å². The van der Waals surface area contributed by atoms with Crippen molar-refractivity contribution in [3.05, 3.63) is 40.0 Å². The molecule has 0 amide bonds. The van der Waals surface area contributed by atoms with Gasteiger partial charge >= 0.3 is 0 Å². The second-order valence-corrected chi connectivity index (χ2v) is 5.99. The smallest absolute Gasteiger partial charge is 0.206 e. The summed E-state index contributed by atoms with van der Waals surface area (Å²) in [6.45, 7) is 2.05. The highest BCUT2D eigenvalue weighted by Crippen LogP contribution is 2.19. The minimum absolute atomic E-state index is 0.465. The molecule has 2 heterocycles. The van der Waals surface area contributed by atoms with E-state index in [1.54, 1.807) is 23.8 Å². The van der Waals surface area contributed by atoms with Gasteiger partial charge in [0.05, 0.1) is 24.2 Å². The lowest BCUT2D eigenvalue weighted by molar-refractivity contribution is 0.435. The maximum Gasteiger partial charge on any atom is 0.206 e. The summed E-state index contributed by atoms with van der Waals surface area (Å²) in [4.78, 5) is 5.86. The molecule has 0 radical (unpaired) electrons. The lowest BCUT2D eigenvalue weighted by Crippen LogP contribution is -2.19. The first-order chi connectivity index (χ1) is 9.83. The zero-order chi connectivity index (χ0) is 13.8. The first kappa shape index (κ1) is 13.4. The number of hydrogen-bond acceptors (Lipinski definition) is 4. The maximum atomic E-state index is 5.27. The van der Waals surface area contributed by atoms with Crippen molar-refractivity contribution in [2.75, 3.05) is 0 Å². The Hall–Kier alpha value is -1.62. The molecular weight excluding hydrogens is 270 g/mol. The molecule has 3 rings (SSSR count). The van der Waals surface area contributed by atoms with Crippen molar-refractivity contribution < 1.29 is 4.42 Å². The molecule has 4 nitrogen and oxygen atoms in total. The van der Waals surface area contributed by atoms with Crippen molar-refractivity contribution >= 4 is 17.6 Å². The van der Waals surface area contributed by atoms with E-state index in [4.69, 9.17) is 9.41 Å². The zero-order valence-corrected chi connectivity index (χ0v) is 12.5. The number of thiazole rings is 1. The van der Waals surface area contributed by atoms with Crippen molar-refractivity contribution in [3.63, 3.8) is 0 Å². The number of hydrogen-bond donors (Lipinski definition) is 0. The van der Waals surface area contributed by atoms with Gasteiger partial charge in [-0.3, -0.25) is 4.99 Å². The number of furan rings is 1. The first-order valence-electron chi connectivity index (χ1n) is 7.12. The lowest BCUT2D eigenvalue weighted by atomic mass is 9.96. The molecule has 0 N–H and O–H groups in total. The minimum Gasteiger partial charge on any atom is -0.463 e. The maximum absolute atomic E-state index is 5.27. The fraction of sp³-hybridized carbons (Fsp3) is 0.467. The molecule has 0 atom stereocenters. The van der Waals surface area contributed by atoms with Crippen LogP contribution >= 0.6 is 11.3 Å². The Morgan fingerprint density at radius 2 is 2.20 bits per heavy atom. The quantitative estimate of drug-likeness (QED) is 0.797. The molecule has 5 heteroatoms. The van der Waals surface area contributed by atoms with Gasteiger partial charge in [0, 0.05) is 5.38 Å². The molecule has 0 unspecified atom stereocenters. The Morgan fingerprint density at radius 3 is 2.95 bits per heavy atom. The summed E-state index contributed by atoms with van der Waals surface area (Å²) in [6.07, 6.45) is 9.76. The first-order valence-corrected chi connectivity index (χ1v) is 8.00. The average molecular weight is 289 g/mol. The van der Waals surface area contributed by atoms with Crippen molar-refractivity contribution in [1.29, 1.82) is 0 Å². The van der Waals surface area contributed by atoms with Gasteiger partial charge in [-0.15, -0.1) is 11.3 Å². The minimum atomic E-state index is 0.465. The predicted octanol–water partition coefficient (Wildman–Crippen LogP) is 3.57. The van der Waals surface area contributed by atoms with E-state index in [0.29, 0.717) is 6.04 Å². The Kier molecular flexibility index (Phi) is 4.16. The van der Waals surface area contributed by atoms with Gasteiger partial charge in [-0.2, -0.15) is 5.10 Å². The van der Waals surface area contributed by atoms with Crippen LogP contribution in [-0.2, 0) is 0 Å². The van der Waals surface area contributed by atoms with E-state index in [9.17, 15) is 0 Å². The standard InChI is InChI=1S/C15H19N3OS/c1-12-11-20-15(17-13-6-3-2-4-7-13)18(12)16-10-14-8-5-9-19-14/h5,8-11,13H,2-4,6-7H2,1H3/b16-10-,17-15?. The van der Waals surface area contributed by atoms with E-state index < -0.39 is 0 Å². The molecule has 2 aromatic heterocycles. The van der Waals surface area contributed by atoms with Gasteiger partial charge in [-0.25, -0.2) is 4.68 Å². The van der Waals surface area contributed by atoms with Crippen LogP contribution in [0, 0.1) is 6.92 Å². The third-order valence-corrected chi connectivity index (χ3v) is 4.51. The van der Waals surface area contributed by atoms with E-state index in [1.165, 1.54) is 32.1 Å². The number of nitrogens with zero attached hydrogens (tertiary/aromatic N) is 3. The van der Waals surface area contributed by atoms with Crippen LogP contribution in [0.15, 0.2) is 38.3 Å². The Morgan fingerprint density at radius 1 is 1.35 bits per heavy atom. The molecular formula is C15H19N3OS. The van der Waals surface area contributed by atoms with Crippen molar-refractivity contribution in [3.8, 4) is 0 Å². The van der Waals surface area contributed by atoms with E-state index in [0.717, 1.165) is 16.3 Å². The van der Waals surface area contributed by atoms with Gasteiger partial charge in [0.2, 0.25) is 4.80 Å². The summed E-state index contributed by atoms with van der Waals surface area (Å²) in [5, 5.41) is 6.59. The van der Waals surface area contributed by atoms with Crippen molar-refractivity contribution in [2.24, 2.45) is 10.1 Å². The van der Waals surface area contributed by atoms with Gasteiger partial charge in [0.1, 0.15) is 5.76 Å². The van der Waals surface area contributed by atoms with E-state index in [1.807, 2.05) is 16.8 Å². The average Bonchev–Trinajstić information content (AvgIpc) is 3.09. The molecule has 106 valence electrons. The zero-order valence-electron chi connectivity index (χ0n) is 11.7. The summed E-state index contributed by atoms with van der Waals surface area (Å²) in [6, 6.07) is 4.22. The van der Waals surface area contributed by atoms with E-state index in [-0.39, 0.29) is 0 Å². The third-order valence-electron chi connectivity index (χ3n) is 3.56. The molecule has 1 aliphatic carbocycles. The van der Waals surface area contributed by atoms with Gasteiger partial charge < -0.3 is 4.42 Å². The number of rotatable bonds is 3. The van der Waals surface area contributed by atoms with Gasteiger partial charge in [0.25, 0.3) is 0 Å². The molecule has 0 bridgehead atoms. The molecule has 1 saturated carbocycles. The van der Waals surface area contributed by atoms with Crippen LogP contribution in [0.1, 0.15) is 43.6 Å². The number of aryl methyl sites for hydroxylation is 1. The van der Waals surface area contributed by atoms with Crippen molar-refractivity contribution in [1.82, 2.24) is 4.68 Å². The molecule has 2 aromatic rings. The molecule has 0 spiro atoms. The molecule has 1 fully saturated rings. The fourth-order valence-corrected chi connectivity index (χ4v) is 3.34.